The fraction of sp³-hybridized carbons (Fsp3) is 0.333. The van der Waals surface area contributed by atoms with Gasteiger partial charge in [0, 0.05) is 38.4 Å². The zero-order chi connectivity index (χ0) is 24.1. The first-order valence-corrected chi connectivity index (χ1v) is 13.4. The van der Waals surface area contributed by atoms with Crippen LogP contribution in [0.15, 0.2) is 83.8 Å². The maximum absolute atomic E-state index is 12.5. The number of nitrogens with zero attached hydrogens (tertiary/aromatic N) is 2. The Morgan fingerprint density at radius 2 is 1.41 bits per heavy atom. The Kier molecular flexibility index (Phi) is 7.56. The first kappa shape index (κ1) is 24.3. The number of hydrogen-bond acceptors (Lipinski definition) is 5. The van der Waals surface area contributed by atoms with Crippen molar-refractivity contribution < 1.29 is 8.42 Å². The van der Waals surface area contributed by atoms with Crippen LogP contribution in [0.3, 0.4) is 0 Å². The molecular formula is C27H34N4O2S. The highest BCUT2D eigenvalue weighted by atomic mass is 32.2. The molecule has 0 saturated carbocycles. The van der Waals surface area contributed by atoms with Crippen molar-refractivity contribution in [2.45, 2.75) is 24.8 Å². The van der Waals surface area contributed by atoms with E-state index in [9.17, 15) is 8.42 Å². The highest BCUT2D eigenvalue weighted by Crippen LogP contribution is 2.33. The van der Waals surface area contributed by atoms with E-state index in [1.807, 2.05) is 72.8 Å². The van der Waals surface area contributed by atoms with Crippen molar-refractivity contribution in [2.75, 3.05) is 42.9 Å². The van der Waals surface area contributed by atoms with Crippen LogP contribution in [-0.4, -0.2) is 46.0 Å². The lowest BCUT2D eigenvalue weighted by Gasteiger charge is -2.37. The average molecular weight is 479 g/mol. The summed E-state index contributed by atoms with van der Waals surface area (Å²) < 4.78 is 24.9. The molecule has 1 saturated heterocycles. The Hall–Kier alpha value is -2.87. The van der Waals surface area contributed by atoms with E-state index in [0.29, 0.717) is 11.6 Å². The van der Waals surface area contributed by atoms with Crippen LogP contribution in [0.1, 0.15) is 31.0 Å². The normalized spacial score (nSPS) is 15.1. The van der Waals surface area contributed by atoms with E-state index in [0.717, 1.165) is 49.5 Å². The first-order valence-electron chi connectivity index (χ1n) is 11.8. The van der Waals surface area contributed by atoms with Gasteiger partial charge in [0.05, 0.1) is 11.7 Å². The summed E-state index contributed by atoms with van der Waals surface area (Å²) in [6.07, 6.45) is 0. The molecule has 0 spiro atoms. The molecule has 6 nitrogen and oxygen atoms in total. The fourth-order valence-corrected chi connectivity index (χ4v) is 5.27. The van der Waals surface area contributed by atoms with E-state index in [1.54, 1.807) is 6.07 Å². The first-order chi connectivity index (χ1) is 16.3. The van der Waals surface area contributed by atoms with Gasteiger partial charge in [-0.2, -0.15) is 0 Å². The minimum Gasteiger partial charge on any atom is -0.373 e. The molecule has 1 heterocycles. The second-order valence-corrected chi connectivity index (χ2v) is 10.8. The van der Waals surface area contributed by atoms with Crippen LogP contribution in [0.25, 0.3) is 0 Å². The van der Waals surface area contributed by atoms with Gasteiger partial charge in [0.1, 0.15) is 4.90 Å². The molecule has 1 aliphatic rings. The van der Waals surface area contributed by atoms with Gasteiger partial charge >= 0.3 is 0 Å². The predicted octanol–water partition coefficient (Wildman–Crippen LogP) is 4.31. The lowest BCUT2D eigenvalue weighted by molar-refractivity contribution is 0.231. The maximum atomic E-state index is 12.5. The van der Waals surface area contributed by atoms with E-state index < -0.39 is 10.0 Å². The summed E-state index contributed by atoms with van der Waals surface area (Å²) in [7, 11) is -3.90. The summed E-state index contributed by atoms with van der Waals surface area (Å²) in [5, 5.41) is 9.12. The minimum atomic E-state index is -3.90. The SMILES string of the molecule is CC(C)CN1CCN(c2ccc(S(N)(=O)=O)c(NC(c3ccccc3)c3ccccc3)c2)CC1. The molecule has 3 aromatic rings. The number of anilines is 2. The molecule has 0 amide bonds. The molecule has 3 aromatic carbocycles. The van der Waals surface area contributed by atoms with E-state index in [4.69, 9.17) is 5.14 Å². The molecule has 4 rings (SSSR count). The van der Waals surface area contributed by atoms with Crippen LogP contribution in [0.4, 0.5) is 11.4 Å². The van der Waals surface area contributed by atoms with Crippen molar-refractivity contribution in [3.05, 3.63) is 90.0 Å². The molecule has 180 valence electrons. The van der Waals surface area contributed by atoms with Crippen molar-refractivity contribution in [1.29, 1.82) is 0 Å². The van der Waals surface area contributed by atoms with Crippen molar-refractivity contribution in [2.24, 2.45) is 11.1 Å². The molecule has 0 atom stereocenters. The van der Waals surface area contributed by atoms with Gasteiger partial charge in [-0.25, -0.2) is 13.6 Å². The molecule has 7 heteroatoms. The molecule has 0 unspecified atom stereocenters. The van der Waals surface area contributed by atoms with E-state index in [-0.39, 0.29) is 10.9 Å². The Bertz CT molecular complexity index is 1140. The summed E-state index contributed by atoms with van der Waals surface area (Å²) in [6, 6.07) is 25.3. The summed E-state index contributed by atoms with van der Waals surface area (Å²) in [5.41, 5.74) is 3.60. The molecule has 0 radical (unpaired) electrons. The molecule has 1 aliphatic heterocycles. The van der Waals surface area contributed by atoms with Crippen LogP contribution in [0.5, 0.6) is 0 Å². The quantitative estimate of drug-likeness (QED) is 0.504. The Balaban J connectivity index is 1.66. The number of nitrogens with two attached hydrogens (primary N) is 1. The van der Waals surface area contributed by atoms with Crippen LogP contribution < -0.4 is 15.4 Å². The summed E-state index contributed by atoms with van der Waals surface area (Å²) >= 11 is 0. The molecule has 0 aromatic heterocycles. The van der Waals surface area contributed by atoms with Crippen molar-refractivity contribution in [3.8, 4) is 0 Å². The third-order valence-corrected chi connectivity index (χ3v) is 7.17. The van der Waals surface area contributed by atoms with Gasteiger partial charge in [-0.05, 0) is 35.2 Å². The number of rotatable bonds is 8. The Labute approximate surface area is 203 Å². The lowest BCUT2D eigenvalue weighted by atomic mass is 9.98. The van der Waals surface area contributed by atoms with Crippen molar-refractivity contribution in [3.63, 3.8) is 0 Å². The number of piperazine rings is 1. The minimum absolute atomic E-state index is 0.103. The topological polar surface area (TPSA) is 78.7 Å². The standard InChI is InChI=1S/C27H34N4O2S/c1-21(2)20-30-15-17-31(18-16-30)24-13-14-26(34(28,32)33)25(19-24)29-27(22-9-5-3-6-10-22)23-11-7-4-8-12-23/h3-14,19,21,27,29H,15-18,20H2,1-2H3,(H2,28,32,33). The van der Waals surface area contributed by atoms with E-state index in [1.165, 1.54) is 0 Å². The zero-order valence-corrected chi connectivity index (χ0v) is 20.7. The van der Waals surface area contributed by atoms with Gasteiger partial charge in [0.25, 0.3) is 0 Å². The fourth-order valence-electron chi connectivity index (χ4n) is 4.59. The van der Waals surface area contributed by atoms with Gasteiger partial charge in [-0.1, -0.05) is 74.5 Å². The Morgan fingerprint density at radius 3 is 1.91 bits per heavy atom. The predicted molar refractivity (Wildman–Crippen MR) is 140 cm³/mol. The molecule has 0 bridgehead atoms. The van der Waals surface area contributed by atoms with Gasteiger partial charge in [0.15, 0.2) is 0 Å². The largest absolute Gasteiger partial charge is 0.373 e. The highest BCUT2D eigenvalue weighted by Gasteiger charge is 2.23. The number of primary sulfonamides is 1. The van der Waals surface area contributed by atoms with Crippen molar-refractivity contribution >= 4 is 21.4 Å². The van der Waals surface area contributed by atoms with Crippen LogP contribution in [-0.2, 0) is 10.0 Å². The van der Waals surface area contributed by atoms with Crippen LogP contribution >= 0.6 is 0 Å². The van der Waals surface area contributed by atoms with Gasteiger partial charge < -0.3 is 10.2 Å². The monoisotopic (exact) mass is 478 g/mol. The van der Waals surface area contributed by atoms with E-state index >= 15 is 0 Å². The maximum Gasteiger partial charge on any atom is 0.240 e. The summed E-state index contributed by atoms with van der Waals surface area (Å²) in [4.78, 5) is 4.90. The van der Waals surface area contributed by atoms with Crippen molar-refractivity contribution in [1.82, 2.24) is 4.90 Å². The van der Waals surface area contributed by atoms with Crippen LogP contribution in [0.2, 0.25) is 0 Å². The van der Waals surface area contributed by atoms with Crippen LogP contribution in [0, 0.1) is 5.92 Å². The van der Waals surface area contributed by atoms with Gasteiger partial charge in [0.2, 0.25) is 10.0 Å². The smallest absolute Gasteiger partial charge is 0.240 e. The van der Waals surface area contributed by atoms with E-state index in [2.05, 4.69) is 29.0 Å². The molecule has 3 N–H and O–H groups in total. The zero-order valence-electron chi connectivity index (χ0n) is 19.9. The summed E-state index contributed by atoms with van der Waals surface area (Å²) in [6.45, 7) is 9.38. The van der Waals surface area contributed by atoms with Gasteiger partial charge in [-0.15, -0.1) is 0 Å². The highest BCUT2D eigenvalue weighted by molar-refractivity contribution is 7.89. The third-order valence-electron chi connectivity index (χ3n) is 6.20. The number of sulfonamides is 1. The third kappa shape index (κ3) is 5.97. The molecular weight excluding hydrogens is 444 g/mol. The molecule has 1 fully saturated rings. The number of hydrogen-bond donors (Lipinski definition) is 2. The number of nitrogens with one attached hydrogen (secondary N) is 1. The average Bonchev–Trinajstić information content (AvgIpc) is 2.83. The summed E-state index contributed by atoms with van der Waals surface area (Å²) in [5.74, 6) is 0.643. The second kappa shape index (κ2) is 10.6. The molecule has 0 aliphatic carbocycles. The van der Waals surface area contributed by atoms with Gasteiger partial charge in [-0.3, -0.25) is 4.90 Å². The second-order valence-electron chi connectivity index (χ2n) is 9.31. The molecule has 34 heavy (non-hydrogen) atoms. The lowest BCUT2D eigenvalue weighted by Crippen LogP contribution is -2.47. The Morgan fingerprint density at radius 1 is 0.853 bits per heavy atom. The number of benzene rings is 3.